The third-order valence-electron chi connectivity index (χ3n) is 14.5. The van der Waals surface area contributed by atoms with E-state index in [9.17, 15) is 68.4 Å². The lowest BCUT2D eigenvalue weighted by Gasteiger charge is -2.27. The number of hydrogen-bond acceptors (Lipinski definition) is 21. The van der Waals surface area contributed by atoms with Crippen molar-refractivity contribution >= 4 is 99.7 Å². The van der Waals surface area contributed by atoms with E-state index in [-0.39, 0.29) is 92.0 Å². The molecule has 9 rings (SSSR count). The van der Waals surface area contributed by atoms with Gasteiger partial charge in [-0.25, -0.2) is 25.3 Å². The molecule has 0 saturated heterocycles. The van der Waals surface area contributed by atoms with E-state index in [1.165, 1.54) is 141 Å². The lowest BCUT2D eigenvalue weighted by molar-refractivity contribution is -0.115. The summed E-state index contributed by atoms with van der Waals surface area (Å²) in [5, 5.41) is 7.59. The fourth-order valence-electron chi connectivity index (χ4n) is 10.8. The molecular formula is C67H76N6O21S3. The number of rotatable bonds is 24. The van der Waals surface area contributed by atoms with Gasteiger partial charge in [0, 0.05) is 39.5 Å². The summed E-state index contributed by atoms with van der Waals surface area (Å²) in [5.74, 6) is -6.10. The molecule has 0 bridgehead atoms. The topological polar surface area (TPSA) is 357 Å². The predicted molar refractivity (Wildman–Crippen MR) is 360 cm³/mol. The predicted octanol–water partition coefficient (Wildman–Crippen LogP) is 7.94. The van der Waals surface area contributed by atoms with Crippen molar-refractivity contribution in [1.82, 2.24) is 14.7 Å². The smallest absolute Gasteiger partial charge is 0.264 e. The largest absolute Gasteiger partial charge is 0.493 e. The molecule has 3 aliphatic heterocycles. The van der Waals surface area contributed by atoms with Crippen LogP contribution < -0.4 is 44.4 Å². The number of benzene rings is 6. The van der Waals surface area contributed by atoms with Crippen LogP contribution in [0.25, 0.3) is 0 Å². The zero-order valence-corrected chi connectivity index (χ0v) is 56.5. The van der Waals surface area contributed by atoms with Crippen molar-refractivity contribution in [3.63, 3.8) is 0 Å². The highest BCUT2D eigenvalue weighted by molar-refractivity contribution is 7.91. The first-order valence-corrected chi connectivity index (χ1v) is 35.1. The molecule has 3 heterocycles. The second-order valence-corrected chi connectivity index (χ2v) is 28.3. The molecule has 6 aromatic carbocycles. The average Bonchev–Trinajstić information content (AvgIpc) is 1.62. The second kappa shape index (κ2) is 31.6. The average molecular weight is 1400 g/mol. The Kier molecular flexibility index (Phi) is 22.7. The summed E-state index contributed by atoms with van der Waals surface area (Å²) in [6, 6.07) is 23.0. The van der Waals surface area contributed by atoms with Crippen LogP contribution in [0.3, 0.4) is 0 Å². The number of methoxy groups -OCH3 is 3. The Labute approximate surface area is 568 Å². The Morgan fingerprint density at radius 1 is 0.412 bits per heavy atom. The molecule has 27 nitrogen and oxygen atoms in total. The molecule has 97 heavy (non-hydrogen) atoms. The third kappa shape index (κ3) is 17.6. The molecule has 0 fully saturated rings. The van der Waals surface area contributed by atoms with Gasteiger partial charge in [0.15, 0.2) is 34.5 Å². The number of imide groups is 3. The van der Waals surface area contributed by atoms with Crippen molar-refractivity contribution in [2.45, 2.75) is 67.1 Å². The SMILES string of the molecule is C.CCOc1cc(C(CS(C)(=O)=O)N2C(=O)c3cccc(NC(C)=O)c3C2=O)ccc1OC.[2H]C([2H])(C)Oc1cc(C(CS(C)(=O)=O)N2C(=O)c3cccc(NC(C)=O)c3C2=O)ccc1OC.[2H]C([2H])(C)Oc1cc(C(CS(C)(=O)=O)N2C(=O)c3cccc(NC(C)=O)c3C2=O)ccc1OC. The number of amides is 9. The van der Waals surface area contributed by atoms with E-state index in [0.717, 1.165) is 33.5 Å². The van der Waals surface area contributed by atoms with E-state index < -0.39 is 131 Å². The van der Waals surface area contributed by atoms with Crippen LogP contribution in [0.5, 0.6) is 34.5 Å². The Balaban J connectivity index is 0.000000237. The molecule has 518 valence electrons. The molecule has 0 spiro atoms. The summed E-state index contributed by atoms with van der Waals surface area (Å²) >= 11 is 0. The van der Waals surface area contributed by atoms with Gasteiger partial charge in [0.25, 0.3) is 35.4 Å². The Morgan fingerprint density at radius 2 is 0.670 bits per heavy atom. The van der Waals surface area contributed by atoms with Crippen molar-refractivity contribution in [3.8, 4) is 34.5 Å². The van der Waals surface area contributed by atoms with Gasteiger partial charge in [-0.2, -0.15) is 0 Å². The number of sulfone groups is 3. The van der Waals surface area contributed by atoms with Gasteiger partial charge in [0.2, 0.25) is 17.7 Å². The highest BCUT2D eigenvalue weighted by Crippen LogP contribution is 2.43. The number of carbonyl (C=O) groups excluding carboxylic acids is 9. The minimum Gasteiger partial charge on any atom is -0.493 e. The first-order chi connectivity index (χ1) is 46.5. The molecular weight excluding hydrogens is 1320 g/mol. The summed E-state index contributed by atoms with van der Waals surface area (Å²) in [6.07, 6.45) is 2.99. The van der Waals surface area contributed by atoms with E-state index in [0.29, 0.717) is 23.7 Å². The molecule has 0 aliphatic carbocycles. The van der Waals surface area contributed by atoms with Crippen molar-refractivity contribution in [3.05, 3.63) is 159 Å². The van der Waals surface area contributed by atoms with E-state index >= 15 is 0 Å². The number of anilines is 3. The fraction of sp³-hybridized carbons (Fsp3) is 0.328. The first kappa shape index (κ1) is 69.6. The van der Waals surface area contributed by atoms with Gasteiger partial charge in [-0.3, -0.25) is 57.9 Å². The minimum absolute atomic E-state index is 0. The lowest BCUT2D eigenvalue weighted by Crippen LogP contribution is -2.37. The zero-order valence-electron chi connectivity index (χ0n) is 58.1. The van der Waals surface area contributed by atoms with Crippen LogP contribution >= 0.6 is 0 Å². The molecule has 6 aromatic rings. The maximum absolute atomic E-state index is 13.4. The molecule has 3 atom stereocenters. The van der Waals surface area contributed by atoms with Gasteiger partial charge in [0.05, 0.1) is 132 Å². The lowest BCUT2D eigenvalue weighted by atomic mass is 10.1. The number of nitrogens with zero attached hydrogens (tertiary/aromatic N) is 3. The zero-order chi connectivity index (χ0) is 74.5. The summed E-state index contributed by atoms with van der Waals surface area (Å²) < 4.78 is 136. The number of fused-ring (bicyclic) bond motifs is 3. The molecule has 0 radical (unpaired) electrons. The summed E-state index contributed by atoms with van der Waals surface area (Å²) in [6.45, 7) is 4.13. The van der Waals surface area contributed by atoms with Crippen LogP contribution in [-0.2, 0) is 43.9 Å². The molecule has 0 aromatic heterocycles. The number of nitrogens with one attached hydrogen (secondary N) is 3. The molecule has 3 unspecified atom stereocenters. The van der Waals surface area contributed by atoms with Crippen LogP contribution in [-0.4, -0.2) is 170 Å². The quantitative estimate of drug-likeness (QED) is 0.0484. The first-order valence-electron chi connectivity index (χ1n) is 30.9. The minimum atomic E-state index is -3.70. The monoisotopic (exact) mass is 1400 g/mol. The van der Waals surface area contributed by atoms with E-state index in [1.54, 1.807) is 31.2 Å². The summed E-state index contributed by atoms with van der Waals surface area (Å²) in [7, 11) is -6.81. The second-order valence-electron chi connectivity index (χ2n) is 21.8. The van der Waals surface area contributed by atoms with Gasteiger partial charge in [-0.15, -0.1) is 0 Å². The molecule has 3 N–H and O–H groups in total. The number of hydrogen-bond donors (Lipinski definition) is 3. The highest BCUT2D eigenvalue weighted by atomic mass is 32.2. The fourth-order valence-corrected chi connectivity index (χ4v) is 13.6. The number of carbonyl (C=O) groups is 9. The standard InChI is InChI=1S/3C22H24N2O7S.CH4/c3*1-5-31-19-11-14(9-10-18(19)30-3)17(12-32(4,28)29)24-21(26)15-7-6-8-16(23-13(2)25)20(15)22(24)27;/h3*6-11,17H,5,12H2,1-4H3,(H,23,25);1H4/i2*5D2;;. The molecule has 0 saturated carbocycles. The molecule has 9 amide bonds. The van der Waals surface area contributed by atoms with E-state index in [1.807, 2.05) is 0 Å². The molecule has 30 heteroatoms. The van der Waals surface area contributed by atoms with Crippen molar-refractivity contribution in [1.29, 1.82) is 0 Å². The Hall–Kier alpha value is -10.2. The Bertz CT molecular complexity index is 4460. The van der Waals surface area contributed by atoms with Crippen molar-refractivity contribution < 1.29 is 102 Å². The van der Waals surface area contributed by atoms with Crippen LogP contribution in [0.4, 0.5) is 17.1 Å². The number of ether oxygens (including phenoxy) is 6. The Morgan fingerprint density at radius 3 is 0.887 bits per heavy atom. The van der Waals surface area contributed by atoms with Gasteiger partial charge in [-0.1, -0.05) is 43.8 Å². The van der Waals surface area contributed by atoms with Crippen molar-refractivity contribution in [2.75, 3.05) is 93.0 Å². The maximum Gasteiger partial charge on any atom is 0.264 e. The van der Waals surface area contributed by atoms with Gasteiger partial charge >= 0.3 is 0 Å². The van der Waals surface area contributed by atoms with Gasteiger partial charge in [-0.05, 0) is 110 Å². The van der Waals surface area contributed by atoms with Gasteiger partial charge in [0.1, 0.15) is 29.5 Å². The van der Waals surface area contributed by atoms with E-state index in [4.69, 9.17) is 33.9 Å². The summed E-state index contributed by atoms with van der Waals surface area (Å²) in [5.41, 5.74) is 1.45. The third-order valence-corrected chi connectivity index (χ3v) is 17.3. The highest BCUT2D eigenvalue weighted by Gasteiger charge is 2.47. The van der Waals surface area contributed by atoms with Crippen LogP contribution in [0.2, 0.25) is 0 Å². The maximum atomic E-state index is 13.4. The normalized spacial score (nSPS) is 14.9. The molecule has 3 aliphatic rings. The van der Waals surface area contributed by atoms with Crippen LogP contribution in [0.1, 0.15) is 151 Å². The van der Waals surface area contributed by atoms with Gasteiger partial charge < -0.3 is 44.4 Å². The van der Waals surface area contributed by atoms with Crippen molar-refractivity contribution in [2.24, 2.45) is 0 Å². The van der Waals surface area contributed by atoms with Crippen LogP contribution in [0, 0.1) is 0 Å². The van der Waals surface area contributed by atoms with Crippen LogP contribution in [0.15, 0.2) is 109 Å². The summed E-state index contributed by atoms with van der Waals surface area (Å²) in [4.78, 5) is 117. The van der Waals surface area contributed by atoms with E-state index in [2.05, 4.69) is 16.0 Å².